The highest BCUT2D eigenvalue weighted by atomic mass is 35.5. The van der Waals surface area contributed by atoms with E-state index in [9.17, 15) is 14.7 Å². The second-order valence-corrected chi connectivity index (χ2v) is 6.99. The number of hydrogen-bond donors (Lipinski definition) is 2. The lowest BCUT2D eigenvalue weighted by molar-refractivity contribution is -0.148. The van der Waals surface area contributed by atoms with E-state index in [4.69, 9.17) is 16.3 Å². The van der Waals surface area contributed by atoms with Crippen LogP contribution < -0.4 is 5.32 Å². The fourth-order valence-electron chi connectivity index (χ4n) is 3.40. The van der Waals surface area contributed by atoms with Crippen LogP contribution >= 0.6 is 11.6 Å². The molecule has 0 unspecified atom stereocenters. The zero-order valence-electron chi connectivity index (χ0n) is 14.7. The average Bonchev–Trinajstić information content (AvgIpc) is 2.90. The van der Waals surface area contributed by atoms with Crippen LogP contribution in [0.15, 0.2) is 30.3 Å². The monoisotopic (exact) mass is 376 g/mol. The molecule has 2 heterocycles. The first kappa shape index (κ1) is 18.5. The van der Waals surface area contributed by atoms with Gasteiger partial charge in [-0.3, -0.25) is 4.79 Å². The van der Waals surface area contributed by atoms with Gasteiger partial charge in [-0.15, -0.1) is 0 Å². The summed E-state index contributed by atoms with van der Waals surface area (Å²) in [6, 6.07) is 9.12. The van der Waals surface area contributed by atoms with Gasteiger partial charge in [0, 0.05) is 48.2 Å². The van der Waals surface area contributed by atoms with Crippen LogP contribution in [0.3, 0.4) is 0 Å². The van der Waals surface area contributed by atoms with Gasteiger partial charge in [0.25, 0.3) is 5.91 Å². The molecule has 3 rings (SSSR count). The number of carbonyl (C=O) groups is 2. The first-order valence-electron chi connectivity index (χ1n) is 8.42. The number of benzene rings is 1. The van der Waals surface area contributed by atoms with E-state index in [-0.39, 0.29) is 12.8 Å². The van der Waals surface area contributed by atoms with E-state index in [1.54, 1.807) is 12.1 Å². The molecule has 2 aromatic rings. The Morgan fingerprint density at radius 1 is 1.23 bits per heavy atom. The van der Waals surface area contributed by atoms with Crippen molar-refractivity contribution < 1.29 is 19.4 Å². The summed E-state index contributed by atoms with van der Waals surface area (Å²) in [6.45, 7) is 4.36. The highest BCUT2D eigenvalue weighted by Crippen LogP contribution is 2.25. The molecule has 0 saturated carbocycles. The first-order valence-corrected chi connectivity index (χ1v) is 8.80. The Labute approximate surface area is 156 Å². The summed E-state index contributed by atoms with van der Waals surface area (Å²) in [5.74, 6) is -1.42. The molecule has 1 aromatic heterocycles. The SMILES string of the molecule is Cc1cc(C(=O)NC2(C(=O)O)CCOCC2)c(C)n1-c1cccc(Cl)c1. The van der Waals surface area contributed by atoms with Crippen LogP contribution in [0.5, 0.6) is 0 Å². The summed E-state index contributed by atoms with van der Waals surface area (Å²) in [5.41, 5.74) is 1.62. The molecule has 0 atom stereocenters. The molecule has 0 aliphatic carbocycles. The number of nitrogens with one attached hydrogen (secondary N) is 1. The number of aryl methyl sites for hydroxylation is 1. The van der Waals surface area contributed by atoms with Gasteiger partial charge >= 0.3 is 5.97 Å². The molecule has 1 saturated heterocycles. The molecule has 7 heteroatoms. The van der Waals surface area contributed by atoms with Crippen molar-refractivity contribution in [3.8, 4) is 5.69 Å². The maximum atomic E-state index is 12.9. The largest absolute Gasteiger partial charge is 0.480 e. The lowest BCUT2D eigenvalue weighted by atomic mass is 9.89. The molecule has 0 radical (unpaired) electrons. The number of carbonyl (C=O) groups excluding carboxylic acids is 1. The van der Waals surface area contributed by atoms with Crippen LogP contribution in [-0.4, -0.2) is 40.3 Å². The molecule has 0 spiro atoms. The van der Waals surface area contributed by atoms with Gasteiger partial charge in [-0.1, -0.05) is 17.7 Å². The summed E-state index contributed by atoms with van der Waals surface area (Å²) in [7, 11) is 0. The van der Waals surface area contributed by atoms with Crippen molar-refractivity contribution in [1.82, 2.24) is 9.88 Å². The molecule has 6 nitrogen and oxygen atoms in total. The molecule has 2 N–H and O–H groups in total. The zero-order chi connectivity index (χ0) is 18.9. The minimum atomic E-state index is -1.28. The second-order valence-electron chi connectivity index (χ2n) is 6.55. The Hall–Kier alpha value is -2.31. The van der Waals surface area contributed by atoms with E-state index in [2.05, 4.69) is 5.32 Å². The van der Waals surface area contributed by atoms with Gasteiger partial charge in [-0.05, 0) is 38.1 Å². The van der Waals surface area contributed by atoms with Gasteiger partial charge in [-0.2, -0.15) is 0 Å². The van der Waals surface area contributed by atoms with Gasteiger partial charge in [0.1, 0.15) is 5.54 Å². The number of rotatable bonds is 4. The summed E-state index contributed by atoms with van der Waals surface area (Å²) in [6.07, 6.45) is 0.502. The van der Waals surface area contributed by atoms with Crippen LogP contribution in [0.1, 0.15) is 34.6 Å². The second kappa shape index (κ2) is 7.13. The van der Waals surface area contributed by atoms with E-state index in [1.165, 1.54) is 0 Å². The van der Waals surface area contributed by atoms with E-state index in [0.29, 0.717) is 23.8 Å². The third-order valence-electron chi connectivity index (χ3n) is 4.85. The number of aliphatic carboxylic acids is 1. The number of ether oxygens (including phenoxy) is 1. The average molecular weight is 377 g/mol. The lowest BCUT2D eigenvalue weighted by Gasteiger charge is -2.33. The van der Waals surface area contributed by atoms with Gasteiger partial charge < -0.3 is 19.7 Å². The van der Waals surface area contributed by atoms with Gasteiger partial charge in [0.15, 0.2) is 0 Å². The topological polar surface area (TPSA) is 80.6 Å². The quantitative estimate of drug-likeness (QED) is 0.859. The molecular weight excluding hydrogens is 356 g/mol. The number of carboxylic acid groups (broad SMARTS) is 1. The highest BCUT2D eigenvalue weighted by Gasteiger charge is 2.42. The van der Waals surface area contributed by atoms with E-state index < -0.39 is 17.4 Å². The predicted octanol–water partition coefficient (Wildman–Crippen LogP) is 3.11. The Bertz CT molecular complexity index is 853. The molecular formula is C19H21ClN2O4. The smallest absolute Gasteiger partial charge is 0.329 e. The maximum absolute atomic E-state index is 12.9. The number of hydrogen-bond acceptors (Lipinski definition) is 3. The predicted molar refractivity (Wildman–Crippen MR) is 98.1 cm³/mol. The van der Waals surface area contributed by atoms with E-state index in [1.807, 2.05) is 36.6 Å². The van der Waals surface area contributed by atoms with Crippen molar-refractivity contribution in [2.24, 2.45) is 0 Å². The minimum absolute atomic E-state index is 0.251. The third-order valence-corrected chi connectivity index (χ3v) is 5.09. The normalized spacial score (nSPS) is 16.3. The molecule has 1 fully saturated rings. The summed E-state index contributed by atoms with van der Waals surface area (Å²) < 4.78 is 7.18. The molecule has 1 aliphatic rings. The van der Waals surface area contributed by atoms with Crippen LogP contribution in [-0.2, 0) is 9.53 Å². The fourth-order valence-corrected chi connectivity index (χ4v) is 3.59. The van der Waals surface area contributed by atoms with Gasteiger partial charge in [0.05, 0.1) is 5.56 Å². The van der Waals surface area contributed by atoms with Gasteiger partial charge in [-0.25, -0.2) is 4.79 Å². The molecule has 1 aliphatic heterocycles. The van der Waals surface area contributed by atoms with Crippen LogP contribution in [0.2, 0.25) is 5.02 Å². The molecule has 138 valence electrons. The van der Waals surface area contributed by atoms with Crippen molar-refractivity contribution in [3.05, 3.63) is 52.3 Å². The standard InChI is InChI=1S/C19H21ClN2O4/c1-12-10-16(13(2)22(12)15-5-3-4-14(20)11-15)17(23)21-19(18(24)25)6-8-26-9-7-19/h3-5,10-11H,6-9H2,1-2H3,(H,21,23)(H,24,25). The summed E-state index contributed by atoms with van der Waals surface area (Å²) in [5, 5.41) is 13.0. The zero-order valence-corrected chi connectivity index (χ0v) is 15.5. The number of carboxylic acids is 1. The Morgan fingerprint density at radius 3 is 2.54 bits per heavy atom. The number of aromatic nitrogens is 1. The van der Waals surface area contributed by atoms with Crippen molar-refractivity contribution in [1.29, 1.82) is 0 Å². The molecule has 1 amide bonds. The number of amides is 1. The number of halogens is 1. The molecule has 26 heavy (non-hydrogen) atoms. The first-order chi connectivity index (χ1) is 12.3. The van der Waals surface area contributed by atoms with E-state index >= 15 is 0 Å². The van der Waals surface area contributed by atoms with Crippen LogP contribution in [0.4, 0.5) is 0 Å². The third kappa shape index (κ3) is 3.34. The molecule has 1 aromatic carbocycles. The highest BCUT2D eigenvalue weighted by molar-refractivity contribution is 6.30. The lowest BCUT2D eigenvalue weighted by Crippen LogP contribution is -2.57. The van der Waals surface area contributed by atoms with Crippen molar-refractivity contribution in [3.63, 3.8) is 0 Å². The van der Waals surface area contributed by atoms with Crippen molar-refractivity contribution >= 4 is 23.5 Å². The van der Waals surface area contributed by atoms with E-state index in [0.717, 1.165) is 17.1 Å². The minimum Gasteiger partial charge on any atom is -0.480 e. The van der Waals surface area contributed by atoms with Crippen molar-refractivity contribution in [2.45, 2.75) is 32.2 Å². The van der Waals surface area contributed by atoms with Crippen LogP contribution in [0, 0.1) is 13.8 Å². The summed E-state index contributed by atoms with van der Waals surface area (Å²) >= 11 is 6.08. The van der Waals surface area contributed by atoms with Crippen LogP contribution in [0.25, 0.3) is 5.69 Å². The maximum Gasteiger partial charge on any atom is 0.329 e. The Morgan fingerprint density at radius 2 is 1.92 bits per heavy atom. The Kier molecular flexibility index (Phi) is 5.07. The Balaban J connectivity index is 1.93. The summed E-state index contributed by atoms with van der Waals surface area (Å²) in [4.78, 5) is 24.6. The van der Waals surface area contributed by atoms with Gasteiger partial charge in [0.2, 0.25) is 0 Å². The molecule has 0 bridgehead atoms. The number of nitrogens with zero attached hydrogens (tertiary/aromatic N) is 1. The fraction of sp³-hybridized carbons (Fsp3) is 0.368. The van der Waals surface area contributed by atoms with Crippen molar-refractivity contribution in [2.75, 3.05) is 13.2 Å².